The molecule has 358 valence electrons. The van der Waals surface area contributed by atoms with E-state index in [-0.39, 0.29) is 41.8 Å². The van der Waals surface area contributed by atoms with E-state index in [9.17, 15) is 62.2 Å². The van der Waals surface area contributed by atoms with Gasteiger partial charge in [0.05, 0.1) is 24.9 Å². The van der Waals surface area contributed by atoms with E-state index in [0.29, 0.717) is 37.9 Å². The van der Waals surface area contributed by atoms with E-state index >= 15 is 0 Å². The van der Waals surface area contributed by atoms with Crippen molar-refractivity contribution in [2.75, 3.05) is 13.2 Å². The Morgan fingerprint density at radius 1 is 0.623 bits per heavy atom. The Labute approximate surface area is 352 Å². The number of hydrogen-bond donors (Lipinski definition) is 1. The lowest BCUT2D eigenvalue weighted by Gasteiger charge is -2.41. The summed E-state index contributed by atoms with van der Waals surface area (Å²) in [6.45, 7) is 12.1. The summed E-state index contributed by atoms with van der Waals surface area (Å²) in [4.78, 5) is 0. The molecule has 1 fully saturated rings. The molecule has 0 bridgehead atoms. The molecular formula is C42H65F13O5Si. The summed E-state index contributed by atoms with van der Waals surface area (Å²) in [5.41, 5.74) is 0. The van der Waals surface area contributed by atoms with Crippen molar-refractivity contribution in [3.05, 3.63) is 24.3 Å². The summed E-state index contributed by atoms with van der Waals surface area (Å²) in [6.07, 6.45) is 2.43. The zero-order valence-corrected chi connectivity index (χ0v) is 37.0. The second kappa shape index (κ2) is 22.8. The highest BCUT2D eigenvalue weighted by molar-refractivity contribution is 6.74. The first-order valence-electron chi connectivity index (χ1n) is 21.3. The van der Waals surface area contributed by atoms with Gasteiger partial charge in [-0.1, -0.05) is 85.5 Å². The van der Waals surface area contributed by atoms with Crippen molar-refractivity contribution >= 4 is 8.32 Å². The van der Waals surface area contributed by atoms with E-state index in [4.69, 9.17) is 18.6 Å². The van der Waals surface area contributed by atoms with Crippen LogP contribution in [0.4, 0.5) is 57.1 Å². The first kappa shape index (κ1) is 55.1. The van der Waals surface area contributed by atoms with Gasteiger partial charge in [-0.15, -0.1) is 0 Å². The van der Waals surface area contributed by atoms with Crippen molar-refractivity contribution < 1.29 is 80.8 Å². The SMILES string of the molecule is CCCCCCCCCCCC[C@@H](Oc1ccc(OCCCC(F)(F)C(F)(F)C(F)(F)C(F)(F)C(F)(F)C(F)(F)F)cc1)[C@H]1CC[C@H]([C@@H](CCCO)O[Si](C)(C)C(C)(C)C)O1. The van der Waals surface area contributed by atoms with Crippen LogP contribution in [0.15, 0.2) is 24.3 Å². The number of hydrogen-bond acceptors (Lipinski definition) is 5. The molecule has 5 nitrogen and oxygen atoms in total. The maximum Gasteiger partial charge on any atom is 0.460 e. The third kappa shape index (κ3) is 14.5. The average molecular weight is 925 g/mol. The number of ether oxygens (including phenoxy) is 3. The van der Waals surface area contributed by atoms with Gasteiger partial charge < -0.3 is 23.7 Å². The average Bonchev–Trinajstić information content (AvgIpc) is 3.65. The van der Waals surface area contributed by atoms with Crippen molar-refractivity contribution in [1.82, 2.24) is 0 Å². The zero-order valence-electron chi connectivity index (χ0n) is 36.0. The van der Waals surface area contributed by atoms with E-state index in [1.54, 1.807) is 0 Å². The van der Waals surface area contributed by atoms with E-state index < -0.39 is 63.6 Å². The van der Waals surface area contributed by atoms with E-state index in [1.165, 1.54) is 62.8 Å². The molecule has 1 N–H and O–H groups in total. The molecule has 1 aromatic rings. The van der Waals surface area contributed by atoms with Gasteiger partial charge in [-0.3, -0.25) is 0 Å². The third-order valence-corrected chi connectivity index (χ3v) is 16.2. The highest BCUT2D eigenvalue weighted by atomic mass is 28.4. The van der Waals surface area contributed by atoms with Gasteiger partial charge in [-0.05, 0) is 87.3 Å². The van der Waals surface area contributed by atoms with Gasteiger partial charge in [0.25, 0.3) is 0 Å². The standard InChI is InChI=1S/C42H65F13O5Si/c1-7-8-9-10-11-12-13-14-15-16-19-32(33-25-26-34(59-33)35(20-17-28-56)60-61(5,6)36(2,3)4)58-31-23-21-30(22-24-31)57-29-18-27-37(43,44)38(45,46)39(47,48)40(49,50)41(51,52)42(53,54)55/h21-24,32-35,56H,7-20,25-29H2,1-6H3/t32-,33-,34-,35-/m1/s1. The number of aliphatic hydroxyl groups excluding tert-OH is 1. The summed E-state index contributed by atoms with van der Waals surface area (Å²) in [5, 5.41) is 9.56. The van der Waals surface area contributed by atoms with Crippen molar-refractivity contribution in [2.24, 2.45) is 0 Å². The molecule has 61 heavy (non-hydrogen) atoms. The molecule has 0 saturated carbocycles. The van der Waals surface area contributed by atoms with Crippen molar-refractivity contribution in [3.8, 4) is 11.5 Å². The maximum atomic E-state index is 14.2. The predicted molar refractivity (Wildman–Crippen MR) is 209 cm³/mol. The van der Waals surface area contributed by atoms with Crippen LogP contribution in [0.2, 0.25) is 18.1 Å². The van der Waals surface area contributed by atoms with Gasteiger partial charge in [-0.25, -0.2) is 0 Å². The topological polar surface area (TPSA) is 57.2 Å². The Morgan fingerprint density at radius 3 is 1.57 bits per heavy atom. The highest BCUT2D eigenvalue weighted by Gasteiger charge is 2.90. The second-order valence-electron chi connectivity index (χ2n) is 17.6. The molecule has 4 atom stereocenters. The minimum absolute atomic E-state index is 0.0125. The molecule has 0 aromatic heterocycles. The van der Waals surface area contributed by atoms with Gasteiger partial charge >= 0.3 is 35.8 Å². The molecular weight excluding hydrogens is 860 g/mol. The quantitative estimate of drug-likeness (QED) is 0.0493. The Hall–Kier alpha value is -1.99. The maximum absolute atomic E-state index is 14.2. The van der Waals surface area contributed by atoms with E-state index in [2.05, 4.69) is 40.8 Å². The summed E-state index contributed by atoms with van der Waals surface area (Å²) in [6, 6.07) is 5.63. The Morgan fingerprint density at radius 2 is 1.08 bits per heavy atom. The molecule has 0 amide bonds. The van der Waals surface area contributed by atoms with Crippen LogP contribution in [0, 0.1) is 0 Å². The molecule has 2 rings (SSSR count). The van der Waals surface area contributed by atoms with Crippen molar-refractivity contribution in [1.29, 1.82) is 0 Å². The fourth-order valence-electron chi connectivity index (χ4n) is 6.79. The van der Waals surface area contributed by atoms with Gasteiger partial charge in [0.2, 0.25) is 0 Å². The first-order valence-corrected chi connectivity index (χ1v) is 24.2. The Bertz CT molecular complexity index is 1410. The van der Waals surface area contributed by atoms with Crippen LogP contribution in [0.3, 0.4) is 0 Å². The Kier molecular flexibility index (Phi) is 20.6. The molecule has 1 saturated heterocycles. The van der Waals surface area contributed by atoms with E-state index in [1.807, 2.05) is 0 Å². The molecule has 1 aliphatic heterocycles. The third-order valence-electron chi connectivity index (χ3n) is 11.7. The smallest absolute Gasteiger partial charge is 0.460 e. The number of unbranched alkanes of at least 4 members (excludes halogenated alkanes) is 9. The number of rotatable bonds is 29. The lowest BCUT2D eigenvalue weighted by Crippen LogP contribution is -2.70. The zero-order chi connectivity index (χ0) is 46.6. The number of halogens is 13. The lowest BCUT2D eigenvalue weighted by atomic mass is 9.92. The molecule has 1 heterocycles. The van der Waals surface area contributed by atoms with Crippen molar-refractivity contribution in [2.45, 2.75) is 215 Å². The summed E-state index contributed by atoms with van der Waals surface area (Å²) >= 11 is 0. The number of alkyl halides is 13. The minimum atomic E-state index is -7.93. The predicted octanol–water partition coefficient (Wildman–Crippen LogP) is 14.4. The summed E-state index contributed by atoms with van der Waals surface area (Å²) in [5.74, 6) is -36.6. The van der Waals surface area contributed by atoms with Crippen LogP contribution in [-0.4, -0.2) is 86.8 Å². The first-order chi connectivity index (χ1) is 28.0. The number of benzene rings is 1. The monoisotopic (exact) mass is 924 g/mol. The summed E-state index contributed by atoms with van der Waals surface area (Å²) in [7, 11) is -2.20. The van der Waals surface area contributed by atoms with Gasteiger partial charge in [0.1, 0.15) is 17.6 Å². The molecule has 0 spiro atoms. The lowest BCUT2D eigenvalue weighted by molar-refractivity contribution is -0.440. The van der Waals surface area contributed by atoms with Crippen LogP contribution in [0.1, 0.15) is 137 Å². The second-order valence-corrected chi connectivity index (χ2v) is 22.4. The van der Waals surface area contributed by atoms with Gasteiger partial charge in [-0.2, -0.15) is 57.1 Å². The van der Waals surface area contributed by atoms with Crippen LogP contribution >= 0.6 is 0 Å². The normalized spacial score (nSPS) is 18.7. The van der Waals surface area contributed by atoms with E-state index in [0.717, 1.165) is 25.7 Å². The van der Waals surface area contributed by atoms with Gasteiger partial charge in [0.15, 0.2) is 8.32 Å². The fraction of sp³-hybridized carbons (Fsp3) is 0.857. The van der Waals surface area contributed by atoms with Crippen LogP contribution < -0.4 is 9.47 Å². The molecule has 1 aliphatic rings. The molecule has 0 radical (unpaired) electrons. The fourth-order valence-corrected chi connectivity index (χ4v) is 8.17. The molecule has 0 aliphatic carbocycles. The van der Waals surface area contributed by atoms with Crippen molar-refractivity contribution in [3.63, 3.8) is 0 Å². The highest BCUT2D eigenvalue weighted by Crippen LogP contribution is 2.60. The largest absolute Gasteiger partial charge is 0.494 e. The van der Waals surface area contributed by atoms with Crippen LogP contribution in [0.5, 0.6) is 11.5 Å². The minimum Gasteiger partial charge on any atom is -0.494 e. The molecule has 19 heteroatoms. The summed E-state index contributed by atoms with van der Waals surface area (Å²) < 4.78 is 200. The Balaban J connectivity index is 2.11. The van der Waals surface area contributed by atoms with Crippen LogP contribution in [0.25, 0.3) is 0 Å². The molecule has 1 aromatic carbocycles. The number of aliphatic hydroxyl groups is 1. The molecule has 0 unspecified atom stereocenters. The van der Waals surface area contributed by atoms with Crippen LogP contribution in [-0.2, 0) is 9.16 Å². The van der Waals surface area contributed by atoms with Gasteiger partial charge in [0, 0.05) is 13.0 Å².